The van der Waals surface area contributed by atoms with Gasteiger partial charge in [-0.15, -0.1) is 0 Å². The third kappa shape index (κ3) is 5.37. The molecule has 0 unspecified atom stereocenters. The number of likely N-dealkylation sites (N-methyl/N-ethyl adjacent to an activating group) is 1. The van der Waals surface area contributed by atoms with E-state index >= 15 is 0 Å². The van der Waals surface area contributed by atoms with E-state index in [-0.39, 0.29) is 50.6 Å². The number of nitrogens with one attached hydrogen (secondary N) is 1. The van der Waals surface area contributed by atoms with E-state index in [2.05, 4.69) is 5.32 Å². The second-order valence-corrected chi connectivity index (χ2v) is 8.50. The van der Waals surface area contributed by atoms with Crippen molar-refractivity contribution in [2.45, 2.75) is 31.4 Å². The molecule has 2 aromatic carbocycles. The summed E-state index contributed by atoms with van der Waals surface area (Å²) in [6.07, 6.45) is -4.07. The van der Waals surface area contributed by atoms with Crippen LogP contribution in [-0.2, 0) is 25.9 Å². The van der Waals surface area contributed by atoms with E-state index in [0.29, 0.717) is 30.4 Å². The minimum atomic E-state index is -4.53. The molecule has 0 aromatic heterocycles. The van der Waals surface area contributed by atoms with E-state index in [0.717, 1.165) is 12.1 Å². The highest BCUT2D eigenvalue weighted by Crippen LogP contribution is 2.40. The number of rotatable bonds is 6. The first-order valence-corrected chi connectivity index (χ1v) is 11.5. The number of hydrogen-bond acceptors (Lipinski definition) is 5. The van der Waals surface area contributed by atoms with Crippen molar-refractivity contribution in [1.82, 2.24) is 4.90 Å². The van der Waals surface area contributed by atoms with Crippen LogP contribution in [0.5, 0.6) is 11.5 Å². The molecule has 0 bridgehead atoms. The molecule has 1 N–H and O–H groups in total. The topological polar surface area (TPSA) is 77.1 Å². The number of alkyl halides is 3. The number of halogens is 3. The van der Waals surface area contributed by atoms with Gasteiger partial charge in [0.25, 0.3) is 0 Å². The molecular weight excluding hydrogens is 465 g/mol. The molecule has 35 heavy (non-hydrogen) atoms. The van der Waals surface area contributed by atoms with Gasteiger partial charge in [0.15, 0.2) is 11.5 Å². The Hall–Kier alpha value is -3.27. The quantitative estimate of drug-likeness (QED) is 0.660. The molecule has 2 aliphatic rings. The maximum atomic E-state index is 13.8. The van der Waals surface area contributed by atoms with Gasteiger partial charge < -0.3 is 24.4 Å². The van der Waals surface area contributed by atoms with Crippen LogP contribution >= 0.6 is 0 Å². The highest BCUT2D eigenvalue weighted by atomic mass is 19.4. The molecule has 0 radical (unpaired) electrons. The molecule has 2 amide bonds. The van der Waals surface area contributed by atoms with Gasteiger partial charge in [-0.25, -0.2) is 0 Å². The van der Waals surface area contributed by atoms with E-state index in [1.165, 1.54) is 11.0 Å². The number of hydrogen-bond donors (Lipinski definition) is 1. The molecule has 2 heterocycles. The smallest absolute Gasteiger partial charge is 0.416 e. The molecule has 2 aromatic rings. The summed E-state index contributed by atoms with van der Waals surface area (Å²) in [6, 6.07) is 9.89. The van der Waals surface area contributed by atoms with Gasteiger partial charge in [-0.3, -0.25) is 9.59 Å². The molecule has 0 atom stereocenters. The molecule has 4 rings (SSSR count). The molecule has 1 saturated heterocycles. The third-order valence-electron chi connectivity index (χ3n) is 6.33. The number of ether oxygens (including phenoxy) is 3. The monoisotopic (exact) mass is 492 g/mol. The van der Waals surface area contributed by atoms with E-state index in [1.807, 2.05) is 0 Å². The standard InChI is InChI=1S/C25H27F3N2O5/c1-2-30(16-22(31)29-19-6-7-20-21(15-19)35-13-12-34-20)23(32)24(8-10-33-11-9-24)17-4-3-5-18(14-17)25(26,27)28/h3-7,14-15H,2,8-13,16H2,1H3,(H,29,31). The first-order valence-electron chi connectivity index (χ1n) is 11.5. The summed E-state index contributed by atoms with van der Waals surface area (Å²) in [5.74, 6) is 0.286. The summed E-state index contributed by atoms with van der Waals surface area (Å²) in [6.45, 7) is 3.04. The SMILES string of the molecule is CCN(CC(=O)Nc1ccc2c(c1)OCCO2)C(=O)C1(c2cccc(C(F)(F)F)c2)CCOCC1. The number of nitrogens with zero attached hydrogens (tertiary/aromatic N) is 1. The van der Waals surface area contributed by atoms with E-state index in [9.17, 15) is 22.8 Å². The molecule has 0 saturated carbocycles. The van der Waals surface area contributed by atoms with Crippen molar-refractivity contribution in [2.24, 2.45) is 0 Å². The lowest BCUT2D eigenvalue weighted by Gasteiger charge is -2.40. The van der Waals surface area contributed by atoms with Crippen molar-refractivity contribution in [3.05, 3.63) is 53.6 Å². The van der Waals surface area contributed by atoms with Gasteiger partial charge in [-0.05, 0) is 43.5 Å². The van der Waals surface area contributed by atoms with E-state index in [1.54, 1.807) is 31.2 Å². The Labute approximate surface area is 201 Å². The highest BCUT2D eigenvalue weighted by Gasteiger charge is 2.45. The number of amides is 2. The van der Waals surface area contributed by atoms with Crippen molar-refractivity contribution in [1.29, 1.82) is 0 Å². The van der Waals surface area contributed by atoms with Crippen LogP contribution in [0.15, 0.2) is 42.5 Å². The predicted octanol–water partition coefficient (Wildman–Crippen LogP) is 4.01. The molecule has 1 fully saturated rings. The number of anilines is 1. The lowest BCUT2D eigenvalue weighted by molar-refractivity contribution is -0.143. The molecule has 0 aliphatic carbocycles. The predicted molar refractivity (Wildman–Crippen MR) is 121 cm³/mol. The fraction of sp³-hybridized carbons (Fsp3) is 0.440. The van der Waals surface area contributed by atoms with Crippen LogP contribution in [0.25, 0.3) is 0 Å². The lowest BCUT2D eigenvalue weighted by Crippen LogP contribution is -2.51. The Morgan fingerprint density at radius 1 is 1.00 bits per heavy atom. The zero-order valence-electron chi connectivity index (χ0n) is 19.3. The lowest BCUT2D eigenvalue weighted by atomic mass is 9.72. The van der Waals surface area contributed by atoms with Crippen molar-refractivity contribution in [2.75, 3.05) is 44.8 Å². The summed E-state index contributed by atoms with van der Waals surface area (Å²) >= 11 is 0. The van der Waals surface area contributed by atoms with Crippen LogP contribution in [0.3, 0.4) is 0 Å². The van der Waals surface area contributed by atoms with Crippen LogP contribution in [-0.4, -0.2) is 56.2 Å². The molecular formula is C25H27F3N2O5. The number of carbonyl (C=O) groups excluding carboxylic acids is 2. The normalized spacial score (nSPS) is 16.9. The van der Waals surface area contributed by atoms with Gasteiger partial charge in [0.2, 0.25) is 11.8 Å². The molecule has 2 aliphatic heterocycles. The first kappa shape index (κ1) is 24.8. The first-order chi connectivity index (χ1) is 16.7. The van der Waals surface area contributed by atoms with Crippen molar-refractivity contribution < 1.29 is 37.0 Å². The van der Waals surface area contributed by atoms with E-state index < -0.39 is 23.1 Å². The van der Waals surface area contributed by atoms with E-state index in [4.69, 9.17) is 14.2 Å². The Kier molecular flexibility index (Phi) is 7.20. The number of benzene rings is 2. The third-order valence-corrected chi connectivity index (χ3v) is 6.33. The summed E-state index contributed by atoms with van der Waals surface area (Å²) in [5, 5.41) is 2.75. The van der Waals surface area contributed by atoms with Crippen LogP contribution < -0.4 is 14.8 Å². The zero-order chi connectivity index (χ0) is 25.1. The van der Waals surface area contributed by atoms with Crippen molar-refractivity contribution in [3.8, 4) is 11.5 Å². The molecule has 7 nitrogen and oxygen atoms in total. The summed E-state index contributed by atoms with van der Waals surface area (Å²) in [7, 11) is 0. The minimum Gasteiger partial charge on any atom is -0.486 e. The fourth-order valence-electron chi connectivity index (χ4n) is 4.46. The Balaban J connectivity index is 1.54. The minimum absolute atomic E-state index is 0.217. The highest BCUT2D eigenvalue weighted by molar-refractivity contribution is 5.97. The van der Waals surface area contributed by atoms with Gasteiger partial charge in [0, 0.05) is 31.5 Å². The maximum Gasteiger partial charge on any atom is 0.416 e. The summed E-state index contributed by atoms with van der Waals surface area (Å²) in [5.41, 5.74) is -1.24. The van der Waals surface area contributed by atoms with Crippen molar-refractivity contribution >= 4 is 17.5 Å². The van der Waals surface area contributed by atoms with Crippen LogP contribution in [0.4, 0.5) is 18.9 Å². The average molecular weight is 492 g/mol. The average Bonchev–Trinajstić information content (AvgIpc) is 2.86. The maximum absolute atomic E-state index is 13.8. The Bertz CT molecular complexity index is 1080. The largest absolute Gasteiger partial charge is 0.486 e. The van der Waals surface area contributed by atoms with Gasteiger partial charge in [-0.2, -0.15) is 13.2 Å². The van der Waals surface area contributed by atoms with Gasteiger partial charge in [0.05, 0.1) is 17.5 Å². The second kappa shape index (κ2) is 10.2. The summed E-state index contributed by atoms with van der Waals surface area (Å²) in [4.78, 5) is 28.0. The van der Waals surface area contributed by atoms with Gasteiger partial charge in [-0.1, -0.05) is 18.2 Å². The summed E-state index contributed by atoms with van der Waals surface area (Å²) < 4.78 is 56.6. The number of carbonyl (C=O) groups is 2. The second-order valence-electron chi connectivity index (χ2n) is 8.50. The number of fused-ring (bicyclic) bond motifs is 1. The van der Waals surface area contributed by atoms with Crippen LogP contribution in [0.1, 0.15) is 30.9 Å². The zero-order valence-corrected chi connectivity index (χ0v) is 19.3. The Morgan fingerprint density at radius 2 is 1.71 bits per heavy atom. The molecule has 10 heteroatoms. The molecule has 0 spiro atoms. The molecule has 188 valence electrons. The van der Waals surface area contributed by atoms with Crippen LogP contribution in [0.2, 0.25) is 0 Å². The van der Waals surface area contributed by atoms with Crippen LogP contribution in [0, 0.1) is 0 Å². The van der Waals surface area contributed by atoms with Gasteiger partial charge in [0.1, 0.15) is 13.2 Å². The van der Waals surface area contributed by atoms with Gasteiger partial charge >= 0.3 is 6.18 Å². The van der Waals surface area contributed by atoms with Crippen molar-refractivity contribution in [3.63, 3.8) is 0 Å². The Morgan fingerprint density at radius 3 is 2.40 bits per heavy atom. The fourth-order valence-corrected chi connectivity index (χ4v) is 4.46.